The van der Waals surface area contributed by atoms with Crippen LogP contribution in [0, 0.1) is 5.92 Å². The quantitative estimate of drug-likeness (QED) is 0.851. The smallest absolute Gasteiger partial charge is 0.321 e. The van der Waals surface area contributed by atoms with E-state index in [1.807, 2.05) is 40.3 Å². The van der Waals surface area contributed by atoms with E-state index in [0.29, 0.717) is 13.1 Å². The lowest BCUT2D eigenvalue weighted by Crippen LogP contribution is -2.48. The van der Waals surface area contributed by atoms with Gasteiger partial charge in [-0.15, -0.1) is 11.8 Å². The van der Waals surface area contributed by atoms with Crippen molar-refractivity contribution in [2.24, 2.45) is 5.92 Å². The van der Waals surface area contributed by atoms with Crippen molar-refractivity contribution in [3.8, 4) is 0 Å². The first kappa shape index (κ1) is 17.1. The Labute approximate surface area is 147 Å². The lowest BCUT2D eigenvalue weighted by Gasteiger charge is -2.35. The number of nitrogens with zero attached hydrogens (tertiary/aromatic N) is 2. The topological polar surface area (TPSA) is 52.7 Å². The highest BCUT2D eigenvalue weighted by Crippen LogP contribution is 2.29. The van der Waals surface area contributed by atoms with Crippen molar-refractivity contribution in [2.45, 2.75) is 37.1 Å². The molecular weight excluding hydrogens is 322 g/mol. The van der Waals surface area contributed by atoms with Gasteiger partial charge in [-0.2, -0.15) is 0 Å². The third kappa shape index (κ3) is 3.53. The van der Waals surface area contributed by atoms with Crippen molar-refractivity contribution < 1.29 is 9.59 Å². The molecule has 1 aromatic carbocycles. The number of rotatable bonds is 4. The fourth-order valence-corrected chi connectivity index (χ4v) is 4.03. The molecule has 2 atom stereocenters. The summed E-state index contributed by atoms with van der Waals surface area (Å²) in [6.07, 6.45) is 4.89. The van der Waals surface area contributed by atoms with Gasteiger partial charge in [0, 0.05) is 36.3 Å². The molecule has 3 aliphatic heterocycles. The summed E-state index contributed by atoms with van der Waals surface area (Å²) in [5, 5.41) is 2.97. The monoisotopic (exact) mass is 347 g/mol. The summed E-state index contributed by atoms with van der Waals surface area (Å²) in [5.74, 6) is 0.188. The average Bonchev–Trinajstić information content (AvgIpc) is 2.89. The molecule has 3 saturated heterocycles. The van der Waals surface area contributed by atoms with E-state index in [1.165, 1.54) is 4.90 Å². The molecule has 5 nitrogen and oxygen atoms in total. The number of urea groups is 1. The Hall–Kier alpha value is -1.69. The molecule has 0 radical (unpaired) electrons. The maximum absolute atomic E-state index is 12.6. The Morgan fingerprint density at radius 3 is 2.67 bits per heavy atom. The molecule has 0 aromatic heterocycles. The van der Waals surface area contributed by atoms with Crippen molar-refractivity contribution in [2.75, 3.05) is 31.2 Å². The van der Waals surface area contributed by atoms with Gasteiger partial charge in [0.15, 0.2) is 0 Å². The second-order valence-corrected chi connectivity index (χ2v) is 7.40. The van der Waals surface area contributed by atoms with Crippen LogP contribution in [-0.2, 0) is 4.79 Å². The summed E-state index contributed by atoms with van der Waals surface area (Å²) < 4.78 is 0. The molecule has 3 aliphatic rings. The highest BCUT2D eigenvalue weighted by molar-refractivity contribution is 7.98. The second-order valence-electron chi connectivity index (χ2n) is 6.52. The third-order valence-corrected chi connectivity index (χ3v) is 5.63. The van der Waals surface area contributed by atoms with Crippen LogP contribution in [0.25, 0.3) is 0 Å². The molecular formula is C18H25N3O2S. The minimum absolute atomic E-state index is 0.0417. The summed E-state index contributed by atoms with van der Waals surface area (Å²) in [7, 11) is 0. The van der Waals surface area contributed by atoms with Crippen molar-refractivity contribution in [3.05, 3.63) is 24.3 Å². The van der Waals surface area contributed by atoms with E-state index in [2.05, 4.69) is 12.2 Å². The number of thioether (sulfide) groups is 1. The molecule has 2 bridgehead atoms. The number of benzene rings is 1. The van der Waals surface area contributed by atoms with Crippen LogP contribution < -0.4 is 5.32 Å². The van der Waals surface area contributed by atoms with Crippen LogP contribution in [0.3, 0.4) is 0 Å². The molecule has 6 heteroatoms. The largest absolute Gasteiger partial charge is 0.338 e. The molecule has 4 rings (SSSR count). The van der Waals surface area contributed by atoms with E-state index in [-0.39, 0.29) is 23.9 Å². The standard InChI is InChI=1S/C18H25N3O2S/c1-3-10-21-15-7-4-13(17(21)22)11-20(12-15)18(23)19-14-5-8-16(24-2)9-6-14/h5-6,8-9,13,15H,3-4,7,10-12H2,1-2H3,(H,19,23)/t13-,15+/m0/s1. The predicted molar refractivity (Wildman–Crippen MR) is 97.3 cm³/mol. The fourth-order valence-electron chi connectivity index (χ4n) is 3.62. The zero-order valence-electron chi connectivity index (χ0n) is 14.3. The van der Waals surface area contributed by atoms with Gasteiger partial charge in [-0.1, -0.05) is 6.92 Å². The van der Waals surface area contributed by atoms with Gasteiger partial charge in [0.05, 0.1) is 5.92 Å². The normalized spacial score (nSPS) is 23.3. The van der Waals surface area contributed by atoms with E-state index < -0.39 is 0 Å². The fraction of sp³-hybridized carbons (Fsp3) is 0.556. The van der Waals surface area contributed by atoms with E-state index in [4.69, 9.17) is 0 Å². The van der Waals surface area contributed by atoms with Gasteiger partial charge in [-0.3, -0.25) is 4.79 Å². The summed E-state index contributed by atoms with van der Waals surface area (Å²) in [6, 6.07) is 7.91. The number of hydrogen-bond donors (Lipinski definition) is 1. The highest BCUT2D eigenvalue weighted by atomic mass is 32.2. The van der Waals surface area contributed by atoms with Crippen LogP contribution in [-0.4, -0.2) is 53.7 Å². The van der Waals surface area contributed by atoms with E-state index >= 15 is 0 Å². The Balaban J connectivity index is 1.68. The zero-order chi connectivity index (χ0) is 17.1. The van der Waals surface area contributed by atoms with Gasteiger partial charge in [0.25, 0.3) is 0 Å². The van der Waals surface area contributed by atoms with Gasteiger partial charge < -0.3 is 15.1 Å². The van der Waals surface area contributed by atoms with Crippen LogP contribution in [0.5, 0.6) is 0 Å². The number of hydrogen-bond acceptors (Lipinski definition) is 3. The molecule has 130 valence electrons. The average molecular weight is 347 g/mol. The molecule has 3 amide bonds. The number of amides is 3. The van der Waals surface area contributed by atoms with E-state index in [0.717, 1.165) is 31.5 Å². The summed E-state index contributed by atoms with van der Waals surface area (Å²) in [5.41, 5.74) is 0.797. The molecule has 24 heavy (non-hydrogen) atoms. The van der Waals surface area contributed by atoms with E-state index in [1.54, 1.807) is 11.8 Å². The molecule has 0 saturated carbocycles. The first-order chi connectivity index (χ1) is 11.6. The maximum atomic E-state index is 12.6. The van der Waals surface area contributed by atoms with Crippen molar-refractivity contribution in [3.63, 3.8) is 0 Å². The Bertz CT molecular complexity index is 605. The van der Waals surface area contributed by atoms with Crippen LogP contribution >= 0.6 is 11.8 Å². The molecule has 0 unspecified atom stereocenters. The van der Waals surface area contributed by atoms with Crippen LogP contribution in [0.2, 0.25) is 0 Å². The van der Waals surface area contributed by atoms with Crippen molar-refractivity contribution >= 4 is 29.4 Å². The van der Waals surface area contributed by atoms with Gasteiger partial charge in [-0.25, -0.2) is 4.79 Å². The lowest BCUT2D eigenvalue weighted by atomic mass is 9.94. The predicted octanol–water partition coefficient (Wildman–Crippen LogP) is 3.27. The van der Waals surface area contributed by atoms with Gasteiger partial charge in [-0.05, 0) is 49.8 Å². The van der Waals surface area contributed by atoms with Gasteiger partial charge in [0.1, 0.15) is 0 Å². The number of carbonyl (C=O) groups is 2. The molecule has 3 fully saturated rings. The Morgan fingerprint density at radius 2 is 2.00 bits per heavy atom. The first-order valence-electron chi connectivity index (χ1n) is 8.62. The summed E-state index contributed by atoms with van der Waals surface area (Å²) in [4.78, 5) is 30.2. The van der Waals surface area contributed by atoms with Gasteiger partial charge >= 0.3 is 6.03 Å². The number of carbonyl (C=O) groups excluding carboxylic acids is 2. The Kier molecular flexibility index (Phi) is 5.33. The van der Waals surface area contributed by atoms with E-state index in [9.17, 15) is 9.59 Å². The van der Waals surface area contributed by atoms with Crippen LogP contribution in [0.4, 0.5) is 10.5 Å². The van der Waals surface area contributed by atoms with Crippen LogP contribution in [0.1, 0.15) is 26.2 Å². The SMILES string of the molecule is CCCN1C(=O)[C@H]2CC[C@@H]1CN(C(=O)Nc1ccc(SC)cc1)C2. The van der Waals surface area contributed by atoms with Crippen molar-refractivity contribution in [1.82, 2.24) is 9.80 Å². The van der Waals surface area contributed by atoms with Crippen LogP contribution in [0.15, 0.2) is 29.2 Å². The maximum Gasteiger partial charge on any atom is 0.321 e. The van der Waals surface area contributed by atoms with Crippen molar-refractivity contribution in [1.29, 1.82) is 0 Å². The zero-order valence-corrected chi connectivity index (χ0v) is 15.1. The summed E-state index contributed by atoms with van der Waals surface area (Å²) in [6.45, 7) is 4.06. The second kappa shape index (κ2) is 7.47. The highest BCUT2D eigenvalue weighted by Gasteiger charge is 2.41. The number of nitrogens with one attached hydrogen (secondary N) is 1. The molecule has 1 aromatic rings. The summed E-state index contributed by atoms with van der Waals surface area (Å²) >= 11 is 1.67. The Morgan fingerprint density at radius 1 is 1.25 bits per heavy atom. The minimum atomic E-state index is -0.102. The minimum Gasteiger partial charge on any atom is -0.338 e. The molecule has 1 N–H and O–H groups in total. The third-order valence-electron chi connectivity index (χ3n) is 4.89. The number of piperidine rings is 1. The van der Waals surface area contributed by atoms with Gasteiger partial charge in [0.2, 0.25) is 5.91 Å². The number of anilines is 1. The first-order valence-corrected chi connectivity index (χ1v) is 9.85. The molecule has 3 heterocycles. The molecule has 0 aliphatic carbocycles. The number of fused-ring (bicyclic) bond motifs is 4. The lowest BCUT2D eigenvalue weighted by molar-refractivity contribution is -0.139. The molecule has 0 spiro atoms.